The van der Waals surface area contributed by atoms with Crippen LogP contribution in [0.1, 0.15) is 30.6 Å². The minimum Gasteiger partial charge on any atom is -0.419 e. The molecule has 0 unspecified atom stereocenters. The summed E-state index contributed by atoms with van der Waals surface area (Å²) in [6, 6.07) is 9.94. The van der Waals surface area contributed by atoms with Crippen molar-refractivity contribution in [3.8, 4) is 11.5 Å². The van der Waals surface area contributed by atoms with Crippen LogP contribution in [0.2, 0.25) is 0 Å². The van der Waals surface area contributed by atoms with Crippen LogP contribution in [0.5, 0.6) is 0 Å². The van der Waals surface area contributed by atoms with Crippen LogP contribution in [-0.2, 0) is 6.54 Å². The molecule has 1 aliphatic heterocycles. The summed E-state index contributed by atoms with van der Waals surface area (Å²) < 4.78 is 10.9. The number of rotatable bonds is 5. The molecule has 1 aromatic carbocycles. The van der Waals surface area contributed by atoms with Crippen molar-refractivity contribution < 1.29 is 8.94 Å². The molecule has 136 valence electrons. The highest BCUT2D eigenvalue weighted by Crippen LogP contribution is 2.24. The Bertz CT molecular complexity index is 838. The molecule has 0 spiro atoms. The molecule has 26 heavy (non-hydrogen) atoms. The maximum atomic E-state index is 5.90. The van der Waals surface area contributed by atoms with Crippen molar-refractivity contribution >= 4 is 0 Å². The third-order valence-electron chi connectivity index (χ3n) is 4.71. The highest BCUT2D eigenvalue weighted by Gasteiger charge is 2.26. The highest BCUT2D eigenvalue weighted by molar-refractivity contribution is 5.51. The van der Waals surface area contributed by atoms with Crippen molar-refractivity contribution in [3.63, 3.8) is 0 Å². The van der Waals surface area contributed by atoms with Crippen LogP contribution in [0, 0.1) is 6.92 Å². The molecule has 0 radical (unpaired) electrons. The van der Waals surface area contributed by atoms with Gasteiger partial charge in [-0.15, -0.1) is 10.2 Å². The normalized spacial score (nSPS) is 17.5. The van der Waals surface area contributed by atoms with Gasteiger partial charge in [-0.05, 0) is 19.1 Å². The van der Waals surface area contributed by atoms with Crippen molar-refractivity contribution in [2.45, 2.75) is 26.4 Å². The van der Waals surface area contributed by atoms with E-state index in [1.54, 1.807) is 0 Å². The molecule has 3 aromatic rings. The Kier molecular flexibility index (Phi) is 4.77. The predicted octanol–water partition coefficient (Wildman–Crippen LogP) is 2.31. The topological polar surface area (TPSA) is 84.3 Å². The maximum absolute atomic E-state index is 5.90. The van der Waals surface area contributed by atoms with Gasteiger partial charge in [0.1, 0.15) is 0 Å². The van der Waals surface area contributed by atoms with Gasteiger partial charge in [-0.2, -0.15) is 4.98 Å². The molecule has 2 aromatic heterocycles. The van der Waals surface area contributed by atoms with Crippen LogP contribution in [0.15, 0.2) is 39.3 Å². The van der Waals surface area contributed by atoms with Gasteiger partial charge in [0, 0.05) is 38.7 Å². The van der Waals surface area contributed by atoms with E-state index in [1.807, 2.05) is 37.3 Å². The number of hydrogen-bond acceptors (Lipinski definition) is 8. The van der Waals surface area contributed by atoms with Crippen LogP contribution in [0.25, 0.3) is 11.5 Å². The molecule has 8 heteroatoms. The maximum Gasteiger partial charge on any atom is 0.247 e. The van der Waals surface area contributed by atoms with Crippen molar-refractivity contribution in [3.05, 3.63) is 47.9 Å². The van der Waals surface area contributed by atoms with Gasteiger partial charge in [0.05, 0.1) is 12.6 Å². The van der Waals surface area contributed by atoms with Gasteiger partial charge in [-0.25, -0.2) is 0 Å². The molecule has 1 fully saturated rings. The lowest BCUT2D eigenvalue weighted by molar-refractivity contribution is 0.0857. The molecule has 0 amide bonds. The zero-order valence-corrected chi connectivity index (χ0v) is 15.0. The second-order valence-corrected chi connectivity index (χ2v) is 6.53. The summed E-state index contributed by atoms with van der Waals surface area (Å²) in [5.41, 5.74) is 0.943. The number of nitrogens with zero attached hydrogens (tertiary/aromatic N) is 6. The number of benzene rings is 1. The minimum absolute atomic E-state index is 0.0922. The van der Waals surface area contributed by atoms with Gasteiger partial charge in [0.25, 0.3) is 0 Å². The monoisotopic (exact) mass is 354 g/mol. The Labute approximate surface area is 151 Å². The Balaban J connectivity index is 1.35. The first-order valence-corrected chi connectivity index (χ1v) is 8.83. The Morgan fingerprint density at radius 3 is 2.54 bits per heavy atom. The quantitative estimate of drug-likeness (QED) is 0.690. The largest absolute Gasteiger partial charge is 0.419 e. The van der Waals surface area contributed by atoms with E-state index in [9.17, 15) is 0 Å². The Morgan fingerprint density at radius 1 is 1.08 bits per heavy atom. The molecule has 1 aliphatic rings. The third kappa shape index (κ3) is 3.66. The average molecular weight is 354 g/mol. The van der Waals surface area contributed by atoms with E-state index in [2.05, 4.69) is 37.1 Å². The van der Waals surface area contributed by atoms with E-state index in [1.165, 1.54) is 0 Å². The van der Waals surface area contributed by atoms with E-state index < -0.39 is 0 Å². The van der Waals surface area contributed by atoms with E-state index in [4.69, 9.17) is 8.94 Å². The molecular weight excluding hydrogens is 332 g/mol. The second-order valence-electron chi connectivity index (χ2n) is 6.53. The van der Waals surface area contributed by atoms with E-state index in [-0.39, 0.29) is 6.04 Å². The molecular formula is C18H22N6O2. The van der Waals surface area contributed by atoms with Crippen LogP contribution in [-0.4, -0.2) is 56.3 Å². The Morgan fingerprint density at radius 2 is 1.85 bits per heavy atom. The summed E-state index contributed by atoms with van der Waals surface area (Å²) in [6.45, 7) is 8.39. The molecule has 0 saturated carbocycles. The lowest BCUT2D eigenvalue weighted by Gasteiger charge is -2.36. The molecule has 8 nitrogen and oxygen atoms in total. The van der Waals surface area contributed by atoms with Crippen LogP contribution >= 0.6 is 0 Å². The molecule has 0 N–H and O–H groups in total. The summed E-state index contributed by atoms with van der Waals surface area (Å²) in [7, 11) is 0. The summed E-state index contributed by atoms with van der Waals surface area (Å²) in [5.74, 6) is 2.58. The van der Waals surface area contributed by atoms with Gasteiger partial charge in [0.2, 0.25) is 17.7 Å². The standard InChI is InChI=1S/C18H22N6O2/c1-13(17-20-21-18(25-17)15-6-4-3-5-7-15)24-10-8-23(9-11-24)12-16-19-14(2)26-22-16/h3-7,13H,8-12H2,1-2H3/t13-/m1/s1. The van der Waals surface area contributed by atoms with Gasteiger partial charge in [0.15, 0.2) is 5.82 Å². The average Bonchev–Trinajstić information content (AvgIpc) is 3.32. The van der Waals surface area contributed by atoms with Crippen molar-refractivity contribution in [1.29, 1.82) is 0 Å². The predicted molar refractivity (Wildman–Crippen MR) is 94.0 cm³/mol. The number of piperazine rings is 1. The van der Waals surface area contributed by atoms with E-state index >= 15 is 0 Å². The fraction of sp³-hybridized carbons (Fsp3) is 0.444. The molecule has 4 rings (SSSR count). The first-order chi connectivity index (χ1) is 12.7. The van der Waals surface area contributed by atoms with Gasteiger partial charge in [-0.3, -0.25) is 9.80 Å². The van der Waals surface area contributed by atoms with Crippen LogP contribution < -0.4 is 0 Å². The van der Waals surface area contributed by atoms with Gasteiger partial charge in [-0.1, -0.05) is 23.4 Å². The van der Waals surface area contributed by atoms with Crippen molar-refractivity contribution in [1.82, 2.24) is 30.1 Å². The third-order valence-corrected chi connectivity index (χ3v) is 4.71. The van der Waals surface area contributed by atoms with Gasteiger partial charge >= 0.3 is 0 Å². The summed E-state index contributed by atoms with van der Waals surface area (Å²) in [6.07, 6.45) is 0. The highest BCUT2D eigenvalue weighted by atomic mass is 16.5. The van der Waals surface area contributed by atoms with E-state index in [0.29, 0.717) is 17.7 Å². The lowest BCUT2D eigenvalue weighted by Crippen LogP contribution is -2.46. The Hall–Kier alpha value is -2.58. The molecule has 1 saturated heterocycles. The van der Waals surface area contributed by atoms with E-state index in [0.717, 1.165) is 44.1 Å². The molecule has 3 heterocycles. The second kappa shape index (κ2) is 7.35. The summed E-state index contributed by atoms with van der Waals surface area (Å²) >= 11 is 0. The first-order valence-electron chi connectivity index (χ1n) is 8.83. The van der Waals surface area contributed by atoms with Crippen molar-refractivity contribution in [2.75, 3.05) is 26.2 Å². The number of aryl methyl sites for hydroxylation is 1. The van der Waals surface area contributed by atoms with Crippen LogP contribution in [0.3, 0.4) is 0 Å². The number of hydrogen-bond donors (Lipinski definition) is 0. The lowest BCUT2D eigenvalue weighted by atomic mass is 10.2. The first kappa shape index (κ1) is 16.9. The minimum atomic E-state index is 0.0922. The smallest absolute Gasteiger partial charge is 0.247 e. The van der Waals surface area contributed by atoms with Gasteiger partial charge < -0.3 is 8.94 Å². The van der Waals surface area contributed by atoms with Crippen molar-refractivity contribution in [2.24, 2.45) is 0 Å². The van der Waals surface area contributed by atoms with Crippen LogP contribution in [0.4, 0.5) is 0 Å². The molecule has 1 atom stereocenters. The SMILES string of the molecule is Cc1nc(CN2CCN([C@H](C)c3nnc(-c4ccccc4)o3)CC2)no1. The molecule has 0 bridgehead atoms. The fourth-order valence-electron chi connectivity index (χ4n) is 3.17. The zero-order valence-electron chi connectivity index (χ0n) is 15.0. The zero-order chi connectivity index (χ0) is 17.9. The number of aromatic nitrogens is 4. The molecule has 0 aliphatic carbocycles. The summed E-state index contributed by atoms with van der Waals surface area (Å²) in [4.78, 5) is 8.96. The summed E-state index contributed by atoms with van der Waals surface area (Å²) in [5, 5.41) is 12.4. The fourth-order valence-corrected chi connectivity index (χ4v) is 3.17.